The van der Waals surface area contributed by atoms with E-state index in [1.165, 1.54) is 4.90 Å². The Balaban J connectivity index is 1.99. The molecular weight excluding hydrogens is 224 g/mol. The minimum Gasteiger partial charge on any atom is -0.323 e. The summed E-state index contributed by atoms with van der Waals surface area (Å²) in [6, 6.07) is -0.203. The highest BCUT2D eigenvalue weighted by molar-refractivity contribution is 7.80. The summed E-state index contributed by atoms with van der Waals surface area (Å²) in [5.74, 6) is 0.795. The summed E-state index contributed by atoms with van der Waals surface area (Å²) in [4.78, 5) is 25.3. The van der Waals surface area contributed by atoms with Crippen molar-refractivity contribution in [1.29, 1.82) is 0 Å². The van der Waals surface area contributed by atoms with E-state index in [1.54, 1.807) is 0 Å². The summed E-state index contributed by atoms with van der Waals surface area (Å²) in [6.07, 6.45) is 5.47. The maximum Gasteiger partial charge on any atom is 0.325 e. The van der Waals surface area contributed by atoms with Crippen LogP contribution in [0.4, 0.5) is 4.79 Å². The number of hydrogen-bond acceptors (Lipinski definition) is 3. The number of amides is 3. The number of thiol groups is 1. The first-order valence-electron chi connectivity index (χ1n) is 5.95. The van der Waals surface area contributed by atoms with Gasteiger partial charge in [-0.15, -0.1) is 0 Å². The Bertz CT molecular complexity index is 300. The highest BCUT2D eigenvalue weighted by atomic mass is 32.1. The van der Waals surface area contributed by atoms with Gasteiger partial charge in [0.05, 0.1) is 0 Å². The first-order chi connectivity index (χ1) is 7.69. The zero-order valence-electron chi connectivity index (χ0n) is 9.37. The fourth-order valence-electron chi connectivity index (χ4n) is 2.58. The number of carbonyl (C=O) groups is 2. The van der Waals surface area contributed by atoms with Gasteiger partial charge in [0.1, 0.15) is 5.54 Å². The number of nitrogens with one attached hydrogen (secondary N) is 1. The van der Waals surface area contributed by atoms with E-state index in [9.17, 15) is 9.59 Å². The highest BCUT2D eigenvalue weighted by Crippen LogP contribution is 2.34. The largest absolute Gasteiger partial charge is 0.325 e. The van der Waals surface area contributed by atoms with Gasteiger partial charge < -0.3 is 5.32 Å². The molecular formula is C11H18N2O2S. The van der Waals surface area contributed by atoms with E-state index in [4.69, 9.17) is 0 Å². The second-order valence-electron chi connectivity index (χ2n) is 4.61. The van der Waals surface area contributed by atoms with Crippen LogP contribution in [-0.4, -0.2) is 34.7 Å². The topological polar surface area (TPSA) is 49.4 Å². The second kappa shape index (κ2) is 4.65. The summed E-state index contributed by atoms with van der Waals surface area (Å²) in [7, 11) is 0. The maximum atomic E-state index is 12.2. The smallest absolute Gasteiger partial charge is 0.323 e. The average molecular weight is 242 g/mol. The Labute approximate surface area is 101 Å². The van der Waals surface area contributed by atoms with Gasteiger partial charge in [0, 0.05) is 6.54 Å². The molecule has 1 spiro atoms. The van der Waals surface area contributed by atoms with Crippen LogP contribution in [-0.2, 0) is 4.79 Å². The van der Waals surface area contributed by atoms with Gasteiger partial charge in [0.15, 0.2) is 0 Å². The summed E-state index contributed by atoms with van der Waals surface area (Å²) in [6.45, 7) is 0.535. The highest BCUT2D eigenvalue weighted by Gasteiger charge is 2.51. The third-order valence-corrected chi connectivity index (χ3v) is 3.81. The van der Waals surface area contributed by atoms with E-state index < -0.39 is 5.54 Å². The van der Waals surface area contributed by atoms with Crippen LogP contribution < -0.4 is 5.32 Å². The van der Waals surface area contributed by atoms with Crippen molar-refractivity contribution in [2.75, 3.05) is 12.3 Å². The van der Waals surface area contributed by atoms with Gasteiger partial charge >= 0.3 is 6.03 Å². The molecule has 5 heteroatoms. The number of carbonyl (C=O) groups excluding carboxylic acids is 2. The van der Waals surface area contributed by atoms with E-state index in [0.29, 0.717) is 6.54 Å². The lowest BCUT2D eigenvalue weighted by atomic mass is 9.98. The molecule has 1 heterocycles. The van der Waals surface area contributed by atoms with Gasteiger partial charge in [-0.05, 0) is 31.4 Å². The van der Waals surface area contributed by atoms with E-state index in [0.717, 1.165) is 44.3 Å². The molecule has 0 radical (unpaired) electrons. The molecule has 2 fully saturated rings. The van der Waals surface area contributed by atoms with Crippen LogP contribution in [0.15, 0.2) is 0 Å². The molecule has 1 saturated carbocycles. The summed E-state index contributed by atoms with van der Waals surface area (Å²) in [5.41, 5.74) is -0.544. The fourth-order valence-corrected chi connectivity index (χ4v) is 2.80. The molecule has 0 aromatic carbocycles. The van der Waals surface area contributed by atoms with Crippen molar-refractivity contribution in [3.63, 3.8) is 0 Å². The molecule has 1 N–H and O–H groups in total. The van der Waals surface area contributed by atoms with Crippen LogP contribution >= 0.6 is 12.6 Å². The van der Waals surface area contributed by atoms with E-state index in [2.05, 4.69) is 17.9 Å². The Morgan fingerprint density at radius 1 is 1.25 bits per heavy atom. The van der Waals surface area contributed by atoms with Crippen molar-refractivity contribution in [2.45, 2.75) is 44.1 Å². The predicted molar refractivity (Wildman–Crippen MR) is 64.5 cm³/mol. The molecule has 1 aliphatic carbocycles. The summed E-state index contributed by atoms with van der Waals surface area (Å²) < 4.78 is 0. The second-order valence-corrected chi connectivity index (χ2v) is 5.05. The molecule has 0 aromatic heterocycles. The molecule has 0 aromatic rings. The van der Waals surface area contributed by atoms with Gasteiger partial charge in [-0.25, -0.2) is 4.79 Å². The Morgan fingerprint density at radius 3 is 2.56 bits per heavy atom. The van der Waals surface area contributed by atoms with Crippen LogP contribution in [0.5, 0.6) is 0 Å². The SMILES string of the molecule is O=C1NC2(CCCC2)C(=O)N1CCCCS. The number of hydrogen-bond donors (Lipinski definition) is 2. The minimum absolute atomic E-state index is 0.00540. The summed E-state index contributed by atoms with van der Waals surface area (Å²) in [5, 5.41) is 2.87. The molecule has 0 unspecified atom stereocenters. The molecule has 3 amide bonds. The zero-order chi connectivity index (χ0) is 11.6. The van der Waals surface area contributed by atoms with Gasteiger partial charge in [-0.1, -0.05) is 12.8 Å². The zero-order valence-corrected chi connectivity index (χ0v) is 10.3. The van der Waals surface area contributed by atoms with Crippen molar-refractivity contribution in [1.82, 2.24) is 10.2 Å². The van der Waals surface area contributed by atoms with Gasteiger partial charge in [0.2, 0.25) is 0 Å². The normalized spacial score (nSPS) is 23.2. The van der Waals surface area contributed by atoms with Gasteiger partial charge in [-0.3, -0.25) is 9.69 Å². The van der Waals surface area contributed by atoms with Crippen molar-refractivity contribution < 1.29 is 9.59 Å². The molecule has 0 atom stereocenters. The number of urea groups is 1. The molecule has 90 valence electrons. The van der Waals surface area contributed by atoms with E-state index >= 15 is 0 Å². The lowest BCUT2D eigenvalue weighted by Gasteiger charge is -2.19. The quantitative estimate of drug-likeness (QED) is 0.446. The fraction of sp³-hybridized carbons (Fsp3) is 0.818. The first kappa shape index (κ1) is 11.8. The average Bonchev–Trinajstić information content (AvgIpc) is 2.80. The number of nitrogens with zero attached hydrogens (tertiary/aromatic N) is 1. The molecule has 1 saturated heterocycles. The van der Waals surface area contributed by atoms with Crippen LogP contribution in [0.2, 0.25) is 0 Å². The van der Waals surface area contributed by atoms with Gasteiger partial charge in [0.25, 0.3) is 5.91 Å². The maximum absolute atomic E-state index is 12.2. The Hall–Kier alpha value is -0.710. The van der Waals surface area contributed by atoms with Crippen molar-refractivity contribution in [2.24, 2.45) is 0 Å². The van der Waals surface area contributed by atoms with Crippen LogP contribution in [0.3, 0.4) is 0 Å². The standard InChI is InChI=1S/C11H18N2O2S/c14-9-11(5-1-2-6-11)12-10(15)13(9)7-3-4-8-16/h16H,1-8H2,(H,12,15). The number of imide groups is 1. The molecule has 4 nitrogen and oxygen atoms in total. The molecule has 2 aliphatic rings. The van der Waals surface area contributed by atoms with Gasteiger partial charge in [-0.2, -0.15) is 12.6 Å². The number of rotatable bonds is 4. The van der Waals surface area contributed by atoms with E-state index in [-0.39, 0.29) is 11.9 Å². The lowest BCUT2D eigenvalue weighted by molar-refractivity contribution is -0.131. The number of unbranched alkanes of at least 4 members (excludes halogenated alkanes) is 1. The molecule has 1 aliphatic heterocycles. The van der Waals surface area contributed by atoms with Crippen molar-refractivity contribution in [3.8, 4) is 0 Å². The van der Waals surface area contributed by atoms with Crippen LogP contribution in [0.25, 0.3) is 0 Å². The van der Waals surface area contributed by atoms with E-state index in [1.807, 2.05) is 0 Å². The first-order valence-corrected chi connectivity index (χ1v) is 6.58. The predicted octanol–water partition coefficient (Wildman–Crippen LogP) is 1.56. The van der Waals surface area contributed by atoms with Crippen LogP contribution in [0.1, 0.15) is 38.5 Å². The summed E-state index contributed by atoms with van der Waals surface area (Å²) >= 11 is 4.12. The minimum atomic E-state index is -0.544. The molecule has 2 rings (SSSR count). The monoisotopic (exact) mass is 242 g/mol. The molecule has 0 bridgehead atoms. The Morgan fingerprint density at radius 2 is 1.94 bits per heavy atom. The van der Waals surface area contributed by atoms with Crippen molar-refractivity contribution >= 4 is 24.6 Å². The Kier molecular flexibility index (Phi) is 3.42. The van der Waals surface area contributed by atoms with Crippen molar-refractivity contribution in [3.05, 3.63) is 0 Å². The third-order valence-electron chi connectivity index (χ3n) is 3.49. The third kappa shape index (κ3) is 1.93. The lowest BCUT2D eigenvalue weighted by Crippen LogP contribution is -2.44. The van der Waals surface area contributed by atoms with Crippen LogP contribution in [0, 0.1) is 0 Å². The molecule has 16 heavy (non-hydrogen) atoms.